The molecule has 0 aliphatic heterocycles. The van der Waals surface area contributed by atoms with Gasteiger partial charge in [-0.05, 0) is 77.5 Å². The van der Waals surface area contributed by atoms with Gasteiger partial charge in [0.25, 0.3) is 0 Å². The van der Waals surface area contributed by atoms with Crippen LogP contribution in [0.15, 0.2) is 158 Å². The summed E-state index contributed by atoms with van der Waals surface area (Å²) in [5.74, 6) is 0. The summed E-state index contributed by atoms with van der Waals surface area (Å²) < 4.78 is 7.89. The van der Waals surface area contributed by atoms with E-state index >= 15 is 0 Å². The molecule has 0 N–H and O–H groups in total. The third-order valence-electron chi connectivity index (χ3n) is 9.87. The first-order chi connectivity index (χ1) is 23.8. The van der Waals surface area contributed by atoms with Crippen LogP contribution in [0.25, 0.3) is 78.6 Å². The predicted octanol–water partition coefficient (Wildman–Crippen LogP) is 13.6. The van der Waals surface area contributed by atoms with Gasteiger partial charge in [0, 0.05) is 64.5 Å². The van der Waals surface area contributed by atoms with Crippen molar-refractivity contribution in [2.45, 2.75) is 0 Å². The second-order valence-corrected chi connectivity index (χ2v) is 14.6. The van der Waals surface area contributed by atoms with Crippen LogP contribution in [0.2, 0.25) is 0 Å². The van der Waals surface area contributed by atoms with Crippen molar-refractivity contribution in [2.75, 3.05) is 4.90 Å². The summed E-state index contributed by atoms with van der Waals surface area (Å²) in [4.78, 5) is 2.35. The van der Waals surface area contributed by atoms with Gasteiger partial charge in [0.15, 0.2) is 0 Å². The molecule has 0 unspecified atom stereocenters. The van der Waals surface area contributed by atoms with Gasteiger partial charge in [-0.1, -0.05) is 91.0 Å². The minimum absolute atomic E-state index is 1.15. The molecular formula is C44H26N2S2. The third kappa shape index (κ3) is 3.61. The number of hydrogen-bond acceptors (Lipinski definition) is 3. The van der Waals surface area contributed by atoms with Gasteiger partial charge in [0.2, 0.25) is 0 Å². The molecule has 3 aromatic heterocycles. The van der Waals surface area contributed by atoms with Gasteiger partial charge in [0.1, 0.15) is 0 Å². The van der Waals surface area contributed by atoms with Crippen LogP contribution in [-0.2, 0) is 0 Å². The monoisotopic (exact) mass is 646 g/mol. The summed E-state index contributed by atoms with van der Waals surface area (Å²) in [5.41, 5.74) is 7.28. The van der Waals surface area contributed by atoms with Crippen molar-refractivity contribution < 1.29 is 0 Å². The maximum Gasteiger partial charge on any atom is 0.0726 e. The lowest BCUT2D eigenvalue weighted by molar-refractivity contribution is 1.20. The van der Waals surface area contributed by atoms with E-state index in [4.69, 9.17) is 0 Å². The van der Waals surface area contributed by atoms with E-state index in [0.717, 1.165) is 17.1 Å². The van der Waals surface area contributed by atoms with E-state index in [9.17, 15) is 0 Å². The zero-order valence-electron chi connectivity index (χ0n) is 25.7. The first-order valence-corrected chi connectivity index (χ1v) is 17.9. The molecule has 0 radical (unpaired) electrons. The molecule has 11 rings (SSSR count). The Kier molecular flexibility index (Phi) is 5.45. The Morgan fingerprint density at radius 2 is 0.917 bits per heavy atom. The molecule has 3 heterocycles. The van der Waals surface area contributed by atoms with Crippen molar-refractivity contribution in [2.24, 2.45) is 0 Å². The summed E-state index contributed by atoms with van der Waals surface area (Å²) in [6.07, 6.45) is 0. The molecule has 0 bridgehead atoms. The highest BCUT2D eigenvalue weighted by molar-refractivity contribution is 7.27. The van der Waals surface area contributed by atoms with Gasteiger partial charge < -0.3 is 9.47 Å². The Morgan fingerprint density at radius 3 is 1.54 bits per heavy atom. The van der Waals surface area contributed by atoms with Gasteiger partial charge in [-0.2, -0.15) is 0 Å². The van der Waals surface area contributed by atoms with Crippen LogP contribution in [0.4, 0.5) is 17.1 Å². The van der Waals surface area contributed by atoms with Gasteiger partial charge in [-0.15, -0.1) is 22.7 Å². The zero-order chi connectivity index (χ0) is 31.3. The molecular weight excluding hydrogens is 621 g/mol. The highest BCUT2D eigenvalue weighted by atomic mass is 32.1. The summed E-state index contributed by atoms with van der Waals surface area (Å²) in [7, 11) is 0. The van der Waals surface area contributed by atoms with Gasteiger partial charge in [0.05, 0.1) is 20.4 Å². The molecule has 0 aliphatic rings. The molecule has 8 aromatic carbocycles. The molecule has 48 heavy (non-hydrogen) atoms. The normalized spacial score (nSPS) is 12.2. The number of hydrogen-bond donors (Lipinski definition) is 0. The van der Waals surface area contributed by atoms with Crippen LogP contribution < -0.4 is 4.90 Å². The summed E-state index contributed by atoms with van der Waals surface area (Å²) >= 11 is 3.84. The second-order valence-electron chi connectivity index (χ2n) is 12.5. The molecule has 0 amide bonds. The van der Waals surface area contributed by atoms with Crippen molar-refractivity contribution in [3.63, 3.8) is 0 Å². The predicted molar refractivity (Wildman–Crippen MR) is 210 cm³/mol. The molecule has 4 heteroatoms. The average Bonchev–Trinajstić information content (AvgIpc) is 3.82. The molecule has 0 spiro atoms. The highest BCUT2D eigenvalue weighted by Gasteiger charge is 2.25. The maximum atomic E-state index is 2.57. The van der Waals surface area contributed by atoms with E-state index in [1.54, 1.807) is 0 Å². The largest absolute Gasteiger partial charge is 0.310 e. The van der Waals surface area contributed by atoms with Crippen molar-refractivity contribution in [1.29, 1.82) is 0 Å². The van der Waals surface area contributed by atoms with Crippen LogP contribution in [0.5, 0.6) is 0 Å². The zero-order valence-corrected chi connectivity index (χ0v) is 27.4. The molecule has 0 saturated heterocycles. The Balaban J connectivity index is 1.27. The summed E-state index contributed by atoms with van der Waals surface area (Å²) in [6.45, 7) is 0. The number of fused-ring (bicyclic) bond motifs is 8. The molecule has 11 aromatic rings. The molecule has 224 valence electrons. The molecule has 2 nitrogen and oxygen atoms in total. The van der Waals surface area contributed by atoms with E-state index in [1.165, 1.54) is 78.6 Å². The Morgan fingerprint density at radius 1 is 0.396 bits per heavy atom. The lowest BCUT2D eigenvalue weighted by Crippen LogP contribution is -2.09. The van der Waals surface area contributed by atoms with Crippen molar-refractivity contribution >= 4 is 113 Å². The summed E-state index contributed by atoms with van der Waals surface area (Å²) in [5, 5.41) is 10.6. The van der Waals surface area contributed by atoms with Crippen LogP contribution >= 0.6 is 22.7 Å². The quantitative estimate of drug-likeness (QED) is 0.173. The number of para-hydroxylation sites is 3. The fourth-order valence-corrected chi connectivity index (χ4v) is 10.3. The van der Waals surface area contributed by atoms with Gasteiger partial charge in [-0.3, -0.25) is 0 Å². The number of rotatable bonds is 4. The Bertz CT molecular complexity index is 2950. The molecule has 0 saturated carbocycles. The van der Waals surface area contributed by atoms with Crippen LogP contribution in [-0.4, -0.2) is 4.57 Å². The minimum Gasteiger partial charge on any atom is -0.310 e. The Labute approximate surface area is 284 Å². The first kappa shape index (κ1) is 26.4. The fourth-order valence-electron chi connectivity index (χ4n) is 7.85. The number of thiophene rings is 2. The lowest BCUT2D eigenvalue weighted by atomic mass is 9.98. The fraction of sp³-hybridized carbons (Fsp3) is 0. The van der Waals surface area contributed by atoms with Crippen LogP contribution in [0.1, 0.15) is 0 Å². The van der Waals surface area contributed by atoms with E-state index in [1.807, 2.05) is 22.7 Å². The molecule has 0 aliphatic carbocycles. The number of nitrogens with zero attached hydrogens (tertiary/aromatic N) is 2. The molecule has 0 atom stereocenters. The van der Waals surface area contributed by atoms with Crippen molar-refractivity contribution in [3.05, 3.63) is 158 Å². The molecule has 0 fully saturated rings. The number of aromatic nitrogens is 1. The van der Waals surface area contributed by atoms with E-state index in [2.05, 4.69) is 167 Å². The average molecular weight is 647 g/mol. The first-order valence-electron chi connectivity index (χ1n) is 16.3. The number of benzene rings is 8. The second kappa shape index (κ2) is 9.91. The van der Waals surface area contributed by atoms with Crippen LogP contribution in [0.3, 0.4) is 0 Å². The number of anilines is 3. The Hall–Kier alpha value is -5.68. The van der Waals surface area contributed by atoms with Crippen molar-refractivity contribution in [1.82, 2.24) is 4.57 Å². The van der Waals surface area contributed by atoms with Crippen molar-refractivity contribution in [3.8, 4) is 5.69 Å². The summed E-state index contributed by atoms with van der Waals surface area (Å²) in [6, 6.07) is 57.7. The standard InChI is InChI=1S/C44H26N2S2/c1-4-12-29(13-5-1)45(30-14-6-2-7-15-30)32-22-23-34-36-25-28-21-20-27-24-35-33-18-10-11-19-37(33)47-43(35)41-39(27)40(28)42(44(36)48-38(34)26-32)46(41)31-16-8-3-9-17-31/h1-26H. The van der Waals surface area contributed by atoms with E-state index < -0.39 is 0 Å². The SMILES string of the molecule is c1ccc(N(c2ccccc2)c2ccc3c(c2)sc2c3cc3ccc4cc5c6ccccc6sc5c5c4c3c2n5-c2ccccc2)cc1. The minimum atomic E-state index is 1.15. The smallest absolute Gasteiger partial charge is 0.0726 e. The highest BCUT2D eigenvalue weighted by Crippen LogP contribution is 2.51. The lowest BCUT2D eigenvalue weighted by Gasteiger charge is -2.25. The van der Waals surface area contributed by atoms with Gasteiger partial charge in [-0.25, -0.2) is 0 Å². The van der Waals surface area contributed by atoms with E-state index in [0.29, 0.717) is 0 Å². The maximum absolute atomic E-state index is 2.57. The van der Waals surface area contributed by atoms with Crippen LogP contribution in [0, 0.1) is 0 Å². The third-order valence-corrected chi connectivity index (χ3v) is 12.2. The van der Waals surface area contributed by atoms with Gasteiger partial charge >= 0.3 is 0 Å². The topological polar surface area (TPSA) is 8.17 Å². The van der Waals surface area contributed by atoms with E-state index in [-0.39, 0.29) is 0 Å².